The summed E-state index contributed by atoms with van der Waals surface area (Å²) >= 11 is 5.30. The monoisotopic (exact) mass is 358 g/mol. The van der Waals surface area contributed by atoms with Gasteiger partial charge < -0.3 is 5.32 Å². The van der Waals surface area contributed by atoms with Gasteiger partial charge in [0.25, 0.3) is 5.69 Å². The molecule has 6 heteroatoms. The number of nitrogens with one attached hydrogen (secondary N) is 1. The fraction of sp³-hybridized carbons (Fsp3) is 0.571. The molecule has 1 aliphatic carbocycles. The van der Waals surface area contributed by atoms with Crippen LogP contribution in [0.15, 0.2) is 22.7 Å². The number of benzene rings is 1. The van der Waals surface area contributed by atoms with Gasteiger partial charge in [-0.25, -0.2) is 0 Å². The Morgan fingerprint density at radius 2 is 2.30 bits per heavy atom. The van der Waals surface area contributed by atoms with E-state index in [-0.39, 0.29) is 10.6 Å². The van der Waals surface area contributed by atoms with Crippen LogP contribution in [0.25, 0.3) is 0 Å². The van der Waals surface area contributed by atoms with Gasteiger partial charge in [-0.05, 0) is 37.1 Å². The van der Waals surface area contributed by atoms with E-state index < -0.39 is 0 Å². The number of nitrogens with zero attached hydrogens (tertiary/aromatic N) is 1. The second-order valence-electron chi connectivity index (χ2n) is 5.00. The van der Waals surface area contributed by atoms with E-state index in [0.717, 1.165) is 21.0 Å². The second kappa shape index (κ2) is 7.43. The predicted molar refractivity (Wildman–Crippen MR) is 87.2 cm³/mol. The zero-order chi connectivity index (χ0) is 14.5. The van der Waals surface area contributed by atoms with Gasteiger partial charge in [-0.1, -0.05) is 22.9 Å². The van der Waals surface area contributed by atoms with E-state index >= 15 is 0 Å². The van der Waals surface area contributed by atoms with E-state index in [1.807, 2.05) is 23.9 Å². The molecule has 0 aliphatic heterocycles. The third-order valence-corrected chi connectivity index (χ3v) is 5.34. The van der Waals surface area contributed by atoms with Crippen molar-refractivity contribution in [1.82, 2.24) is 5.32 Å². The molecule has 0 heterocycles. The van der Waals surface area contributed by atoms with Crippen molar-refractivity contribution in [1.29, 1.82) is 0 Å². The molecule has 2 unspecified atom stereocenters. The smallest absolute Gasteiger partial charge is 0.275 e. The van der Waals surface area contributed by atoms with Gasteiger partial charge in [0.2, 0.25) is 0 Å². The second-order valence-corrected chi connectivity index (χ2v) is 7.49. The standard InChI is InChI=1S/C14H19BrN2O2S/c1-2-20-13-6-5-12(8-13)16-9-10-3-4-11(15)7-14(10)17(18)19/h3-4,7,12-13,16H,2,5-6,8-9H2,1H3. The molecule has 1 saturated carbocycles. The molecule has 0 spiro atoms. The van der Waals surface area contributed by atoms with Crippen LogP contribution in [0, 0.1) is 10.1 Å². The summed E-state index contributed by atoms with van der Waals surface area (Å²) < 4.78 is 0.744. The highest BCUT2D eigenvalue weighted by Gasteiger charge is 2.24. The van der Waals surface area contributed by atoms with Gasteiger partial charge in [-0.15, -0.1) is 0 Å². The Hall–Kier alpha value is -0.590. The van der Waals surface area contributed by atoms with Crippen molar-refractivity contribution in [2.75, 3.05) is 5.75 Å². The first-order valence-corrected chi connectivity index (χ1v) is 8.72. The lowest BCUT2D eigenvalue weighted by atomic mass is 10.1. The van der Waals surface area contributed by atoms with Crippen LogP contribution in [0.1, 0.15) is 31.7 Å². The lowest BCUT2D eigenvalue weighted by Crippen LogP contribution is -2.26. The Morgan fingerprint density at radius 3 is 3.00 bits per heavy atom. The van der Waals surface area contributed by atoms with Crippen molar-refractivity contribution in [3.63, 3.8) is 0 Å². The topological polar surface area (TPSA) is 55.2 Å². The molecule has 110 valence electrons. The summed E-state index contributed by atoms with van der Waals surface area (Å²) in [7, 11) is 0. The predicted octanol–water partition coefficient (Wildman–Crippen LogP) is 4.12. The SMILES string of the molecule is CCSC1CCC(NCc2ccc(Br)cc2[N+](=O)[O-])C1. The molecule has 20 heavy (non-hydrogen) atoms. The molecule has 4 nitrogen and oxygen atoms in total. The number of rotatable bonds is 6. The van der Waals surface area contributed by atoms with E-state index in [2.05, 4.69) is 28.2 Å². The molecule has 1 aromatic carbocycles. The van der Waals surface area contributed by atoms with Crippen molar-refractivity contribution in [2.45, 2.75) is 44.0 Å². The van der Waals surface area contributed by atoms with Crippen LogP contribution < -0.4 is 5.32 Å². The summed E-state index contributed by atoms with van der Waals surface area (Å²) in [5.74, 6) is 1.16. The maximum atomic E-state index is 11.1. The van der Waals surface area contributed by atoms with Crippen molar-refractivity contribution in [2.24, 2.45) is 0 Å². The molecule has 0 radical (unpaired) electrons. The van der Waals surface area contributed by atoms with Crippen molar-refractivity contribution >= 4 is 33.4 Å². The van der Waals surface area contributed by atoms with Crippen LogP contribution in [0.5, 0.6) is 0 Å². The van der Waals surface area contributed by atoms with Gasteiger partial charge in [-0.2, -0.15) is 11.8 Å². The Morgan fingerprint density at radius 1 is 1.50 bits per heavy atom. The molecule has 0 aromatic heterocycles. The molecule has 1 aromatic rings. The van der Waals surface area contributed by atoms with Crippen molar-refractivity contribution < 1.29 is 4.92 Å². The van der Waals surface area contributed by atoms with E-state index in [4.69, 9.17) is 0 Å². The van der Waals surface area contributed by atoms with Crippen LogP contribution in [-0.2, 0) is 6.54 Å². The van der Waals surface area contributed by atoms with E-state index in [1.165, 1.54) is 19.3 Å². The minimum Gasteiger partial charge on any atom is -0.310 e. The highest BCUT2D eigenvalue weighted by atomic mass is 79.9. The Kier molecular flexibility index (Phi) is 5.86. The molecule has 2 atom stereocenters. The molecule has 1 aliphatic rings. The maximum Gasteiger partial charge on any atom is 0.275 e. The largest absolute Gasteiger partial charge is 0.310 e. The zero-order valence-electron chi connectivity index (χ0n) is 11.5. The quantitative estimate of drug-likeness (QED) is 0.613. The minimum atomic E-state index is -0.313. The molecule has 1 fully saturated rings. The highest BCUT2D eigenvalue weighted by Crippen LogP contribution is 2.30. The average molecular weight is 359 g/mol. The number of halogens is 1. The van der Waals surface area contributed by atoms with Gasteiger partial charge >= 0.3 is 0 Å². The number of nitro groups is 1. The van der Waals surface area contributed by atoms with Crippen LogP contribution in [0.2, 0.25) is 0 Å². The maximum absolute atomic E-state index is 11.1. The average Bonchev–Trinajstić information content (AvgIpc) is 2.85. The fourth-order valence-electron chi connectivity index (χ4n) is 2.62. The first-order valence-electron chi connectivity index (χ1n) is 6.88. The summed E-state index contributed by atoms with van der Waals surface area (Å²) in [6, 6.07) is 5.74. The summed E-state index contributed by atoms with van der Waals surface area (Å²) in [6.45, 7) is 2.76. The minimum absolute atomic E-state index is 0.185. The summed E-state index contributed by atoms with van der Waals surface area (Å²) in [6.07, 6.45) is 3.59. The molecule has 0 saturated heterocycles. The third-order valence-electron chi connectivity index (χ3n) is 3.61. The first kappa shape index (κ1) is 15.8. The Labute approximate surface area is 132 Å². The molecule has 0 amide bonds. The highest BCUT2D eigenvalue weighted by molar-refractivity contribution is 9.10. The molecule has 2 rings (SSSR count). The lowest BCUT2D eigenvalue weighted by molar-refractivity contribution is -0.385. The van der Waals surface area contributed by atoms with Crippen LogP contribution >= 0.6 is 27.7 Å². The number of hydrogen-bond donors (Lipinski definition) is 1. The number of thioether (sulfide) groups is 1. The van der Waals surface area contributed by atoms with Gasteiger partial charge in [-0.3, -0.25) is 10.1 Å². The Balaban J connectivity index is 1.93. The van der Waals surface area contributed by atoms with Gasteiger partial charge in [0, 0.05) is 33.9 Å². The normalized spacial score (nSPS) is 22.1. The summed E-state index contributed by atoms with van der Waals surface area (Å²) in [5, 5.41) is 15.3. The van der Waals surface area contributed by atoms with E-state index in [0.29, 0.717) is 12.6 Å². The van der Waals surface area contributed by atoms with Crippen LogP contribution in [0.4, 0.5) is 5.69 Å². The van der Waals surface area contributed by atoms with E-state index in [1.54, 1.807) is 6.07 Å². The molecule has 1 N–H and O–H groups in total. The zero-order valence-corrected chi connectivity index (χ0v) is 13.9. The molecular weight excluding hydrogens is 340 g/mol. The third kappa shape index (κ3) is 4.20. The fourth-order valence-corrected chi connectivity index (χ4v) is 4.11. The molecular formula is C14H19BrN2O2S. The van der Waals surface area contributed by atoms with Gasteiger partial charge in [0.05, 0.1) is 4.92 Å². The van der Waals surface area contributed by atoms with Crippen LogP contribution in [0.3, 0.4) is 0 Å². The van der Waals surface area contributed by atoms with Crippen molar-refractivity contribution in [3.8, 4) is 0 Å². The van der Waals surface area contributed by atoms with Crippen LogP contribution in [-0.4, -0.2) is 22.0 Å². The summed E-state index contributed by atoms with van der Waals surface area (Å²) in [5.41, 5.74) is 0.939. The number of hydrogen-bond acceptors (Lipinski definition) is 4. The Bertz CT molecular complexity index is 484. The summed E-state index contributed by atoms with van der Waals surface area (Å²) in [4.78, 5) is 10.7. The van der Waals surface area contributed by atoms with E-state index in [9.17, 15) is 10.1 Å². The van der Waals surface area contributed by atoms with Crippen molar-refractivity contribution in [3.05, 3.63) is 38.3 Å². The van der Waals surface area contributed by atoms with Gasteiger partial charge in [0.15, 0.2) is 0 Å². The first-order chi connectivity index (χ1) is 9.60. The number of nitro benzene ring substituents is 1. The van der Waals surface area contributed by atoms with Gasteiger partial charge in [0.1, 0.15) is 0 Å². The lowest BCUT2D eigenvalue weighted by Gasteiger charge is -2.13. The molecule has 0 bridgehead atoms.